The second kappa shape index (κ2) is 7.73. The zero-order chi connectivity index (χ0) is 20.9. The van der Waals surface area contributed by atoms with Gasteiger partial charge in [-0.25, -0.2) is 0 Å². The third-order valence-electron chi connectivity index (χ3n) is 7.73. The second-order valence-electron chi connectivity index (χ2n) is 9.15. The minimum Gasteiger partial charge on any atom is -0.369 e. The number of rotatable bonds is 5. The molecule has 3 N–H and O–H groups in total. The molecule has 8 atom stereocenters. The highest BCUT2D eigenvalue weighted by atomic mass is 32.2. The van der Waals surface area contributed by atoms with Gasteiger partial charge in [0.2, 0.25) is 11.8 Å². The van der Waals surface area contributed by atoms with Crippen LogP contribution in [0.2, 0.25) is 0 Å². The van der Waals surface area contributed by atoms with Crippen LogP contribution in [0.25, 0.3) is 0 Å². The number of hydrogen-bond donors (Lipinski definition) is 2. The Kier molecular flexibility index (Phi) is 5.57. The van der Waals surface area contributed by atoms with E-state index in [0.29, 0.717) is 18.1 Å². The Labute approximate surface area is 176 Å². The fourth-order valence-corrected chi connectivity index (χ4v) is 7.76. The van der Waals surface area contributed by atoms with E-state index in [1.165, 1.54) is 23.1 Å². The van der Waals surface area contributed by atoms with E-state index in [-0.39, 0.29) is 36.0 Å². The predicted molar refractivity (Wildman–Crippen MR) is 112 cm³/mol. The minimum atomic E-state index is -1.65. The Balaban J connectivity index is 1.69. The number of ketones is 1. The predicted octanol–water partition coefficient (Wildman–Crippen LogP) is 1.96. The number of carbonyl (C=O) groups excluding carboxylic acids is 3. The van der Waals surface area contributed by atoms with Crippen LogP contribution < -0.4 is 5.73 Å². The molecule has 0 aromatic heterocycles. The Morgan fingerprint density at radius 1 is 1.28 bits per heavy atom. The van der Waals surface area contributed by atoms with E-state index >= 15 is 0 Å². The average molecular weight is 421 g/mol. The number of hydrogen-bond acceptors (Lipinski definition) is 5. The maximum Gasteiger partial charge on any atom is 0.236 e. The Morgan fingerprint density at radius 3 is 2.69 bits per heavy atom. The van der Waals surface area contributed by atoms with Crippen LogP contribution in [-0.4, -0.2) is 50.9 Å². The first-order valence-electron chi connectivity index (χ1n) is 11.0. The number of fused-ring (bicyclic) bond motifs is 2. The van der Waals surface area contributed by atoms with Crippen LogP contribution in [0.5, 0.6) is 0 Å². The van der Waals surface area contributed by atoms with Crippen molar-refractivity contribution in [3.8, 4) is 0 Å². The summed E-state index contributed by atoms with van der Waals surface area (Å²) in [5.41, 5.74) is 3.93. The minimum absolute atomic E-state index is 0.0410. The number of thioether (sulfide) groups is 1. The molecular formula is C22H32N2O4S. The van der Waals surface area contributed by atoms with Gasteiger partial charge >= 0.3 is 0 Å². The highest BCUT2D eigenvalue weighted by Crippen LogP contribution is 2.52. The highest BCUT2D eigenvalue weighted by Gasteiger charge is 2.68. The molecule has 2 aliphatic heterocycles. The number of amides is 2. The molecule has 0 aromatic carbocycles. The molecule has 29 heavy (non-hydrogen) atoms. The van der Waals surface area contributed by atoms with Crippen molar-refractivity contribution >= 4 is 29.4 Å². The monoisotopic (exact) mass is 420 g/mol. The quantitative estimate of drug-likeness (QED) is 0.523. The molecule has 0 spiro atoms. The summed E-state index contributed by atoms with van der Waals surface area (Å²) in [6.07, 6.45) is 9.18. The second-order valence-corrected chi connectivity index (χ2v) is 10.6. The molecule has 2 heterocycles. The Bertz CT molecular complexity index is 740. The van der Waals surface area contributed by atoms with Crippen molar-refractivity contribution in [3.63, 3.8) is 0 Å². The van der Waals surface area contributed by atoms with Crippen LogP contribution in [0.1, 0.15) is 46.0 Å². The van der Waals surface area contributed by atoms with Gasteiger partial charge in [0.05, 0.1) is 11.2 Å². The van der Waals surface area contributed by atoms with Gasteiger partial charge in [-0.1, -0.05) is 38.8 Å². The molecule has 0 aromatic rings. The van der Waals surface area contributed by atoms with Crippen molar-refractivity contribution in [2.24, 2.45) is 41.2 Å². The van der Waals surface area contributed by atoms with Crippen LogP contribution >= 0.6 is 11.8 Å². The molecule has 3 fully saturated rings. The third-order valence-corrected chi connectivity index (χ3v) is 9.04. The molecule has 4 rings (SSSR count). The first-order chi connectivity index (χ1) is 13.8. The van der Waals surface area contributed by atoms with Crippen molar-refractivity contribution in [2.75, 3.05) is 12.3 Å². The molecule has 0 radical (unpaired) electrons. The molecule has 2 aliphatic carbocycles. The third kappa shape index (κ3) is 3.07. The van der Waals surface area contributed by atoms with Crippen molar-refractivity contribution in [2.45, 2.75) is 56.9 Å². The Hall–Kier alpha value is -1.34. The molecule has 4 aliphatic rings. The van der Waals surface area contributed by atoms with Crippen LogP contribution in [0.3, 0.4) is 0 Å². The van der Waals surface area contributed by atoms with Crippen molar-refractivity contribution in [1.29, 1.82) is 0 Å². The molecule has 2 amide bonds. The van der Waals surface area contributed by atoms with E-state index in [2.05, 4.69) is 19.1 Å². The normalized spacial score (nSPS) is 43.9. The first-order valence-corrected chi connectivity index (χ1v) is 12.0. The number of nitrogens with two attached hydrogens (primary N) is 1. The standard InChI is InChI=1S/C22H32N2O4S/c1-3-29-19-17(21(27)24-11-10-15(20(23)26)22(19,24)28)18(25)16-12(2)8-9-13-6-4-5-7-14(13)16/h8-9,12-17,19,28H,3-7,10-11H2,1-2H3,(H2,23,26). The number of aliphatic hydroxyl groups is 1. The lowest BCUT2D eigenvalue weighted by molar-refractivity contribution is -0.149. The molecule has 6 nitrogen and oxygen atoms in total. The summed E-state index contributed by atoms with van der Waals surface area (Å²) in [4.78, 5) is 40.7. The van der Waals surface area contributed by atoms with Crippen molar-refractivity contribution < 1.29 is 19.5 Å². The van der Waals surface area contributed by atoms with Gasteiger partial charge in [0.25, 0.3) is 0 Å². The highest BCUT2D eigenvalue weighted by molar-refractivity contribution is 8.00. The van der Waals surface area contributed by atoms with Crippen molar-refractivity contribution in [3.05, 3.63) is 12.2 Å². The molecule has 1 saturated carbocycles. The number of nitrogens with zero attached hydrogens (tertiary/aromatic N) is 1. The molecule has 2 saturated heterocycles. The topological polar surface area (TPSA) is 101 Å². The molecule has 160 valence electrons. The zero-order valence-corrected chi connectivity index (χ0v) is 18.1. The lowest BCUT2D eigenvalue weighted by Gasteiger charge is -2.42. The van der Waals surface area contributed by atoms with Gasteiger partial charge < -0.3 is 15.7 Å². The summed E-state index contributed by atoms with van der Waals surface area (Å²) >= 11 is 1.41. The van der Waals surface area contributed by atoms with Crippen LogP contribution in [0.15, 0.2) is 12.2 Å². The summed E-state index contributed by atoms with van der Waals surface area (Å²) in [6, 6.07) is 0. The fourth-order valence-electron chi connectivity index (χ4n) is 6.42. The zero-order valence-electron chi connectivity index (χ0n) is 17.3. The van der Waals surface area contributed by atoms with Crippen molar-refractivity contribution in [1.82, 2.24) is 4.90 Å². The molecule has 8 unspecified atom stereocenters. The number of Topliss-reactive ketones (excluding diaryl/α,β-unsaturated/α-hetero) is 1. The van der Waals surface area contributed by atoms with E-state index in [0.717, 1.165) is 19.3 Å². The van der Waals surface area contributed by atoms with Crippen LogP contribution in [-0.2, 0) is 14.4 Å². The van der Waals surface area contributed by atoms with Gasteiger partial charge in [-0.2, -0.15) is 11.8 Å². The fraction of sp³-hybridized carbons (Fsp3) is 0.773. The summed E-state index contributed by atoms with van der Waals surface area (Å²) < 4.78 is 0. The maximum atomic E-state index is 13.9. The SMILES string of the molecule is CCSC1C(C(=O)C2C(C)C=CC3CCCCC32)C(=O)N2CCC(C(N)=O)C12O. The van der Waals surface area contributed by atoms with E-state index < -0.39 is 28.7 Å². The lowest BCUT2D eigenvalue weighted by atomic mass is 9.62. The smallest absolute Gasteiger partial charge is 0.236 e. The average Bonchev–Trinajstić information content (AvgIpc) is 3.14. The molecule has 0 bridgehead atoms. The van der Waals surface area contributed by atoms with Gasteiger partial charge in [-0.3, -0.25) is 14.4 Å². The number of carbonyl (C=O) groups is 3. The number of allylic oxidation sites excluding steroid dienone is 2. The largest absolute Gasteiger partial charge is 0.369 e. The summed E-state index contributed by atoms with van der Waals surface area (Å²) in [5, 5.41) is 10.9. The van der Waals surface area contributed by atoms with Gasteiger partial charge in [-0.05, 0) is 42.8 Å². The summed E-state index contributed by atoms with van der Waals surface area (Å²) in [6.45, 7) is 4.28. The molecular weight excluding hydrogens is 388 g/mol. The van der Waals surface area contributed by atoms with E-state index in [9.17, 15) is 19.5 Å². The summed E-state index contributed by atoms with van der Waals surface area (Å²) in [7, 11) is 0. The van der Waals surface area contributed by atoms with Gasteiger partial charge in [0, 0.05) is 12.5 Å². The van der Waals surface area contributed by atoms with E-state index in [1.54, 1.807) is 0 Å². The lowest BCUT2D eigenvalue weighted by Crippen LogP contribution is -2.54. The van der Waals surface area contributed by atoms with Crippen LogP contribution in [0.4, 0.5) is 0 Å². The van der Waals surface area contributed by atoms with Gasteiger partial charge in [-0.15, -0.1) is 0 Å². The first kappa shape index (κ1) is 20.9. The van der Waals surface area contributed by atoms with E-state index in [1.807, 2.05) is 6.92 Å². The number of primary amides is 1. The van der Waals surface area contributed by atoms with Gasteiger partial charge in [0.15, 0.2) is 11.5 Å². The maximum absolute atomic E-state index is 13.9. The summed E-state index contributed by atoms with van der Waals surface area (Å²) in [5.74, 6) is -1.46. The van der Waals surface area contributed by atoms with Crippen LogP contribution in [0, 0.1) is 35.5 Å². The van der Waals surface area contributed by atoms with Gasteiger partial charge in [0.1, 0.15) is 5.92 Å². The molecule has 7 heteroatoms. The Morgan fingerprint density at radius 2 is 2.00 bits per heavy atom. The van der Waals surface area contributed by atoms with E-state index in [4.69, 9.17) is 5.73 Å².